The summed E-state index contributed by atoms with van der Waals surface area (Å²) in [5, 5.41) is 50.4. The topological polar surface area (TPSA) is 156 Å². The van der Waals surface area contributed by atoms with Crippen LogP contribution in [0, 0.1) is 11.3 Å². The fourth-order valence-corrected chi connectivity index (χ4v) is 3.31. The molecule has 1 unspecified atom stereocenters. The zero-order chi connectivity index (χ0) is 21.7. The highest BCUT2D eigenvalue weighted by Crippen LogP contribution is 2.20. The predicted molar refractivity (Wildman–Crippen MR) is 105 cm³/mol. The minimum absolute atomic E-state index is 0.152. The molecule has 2 aliphatic rings. The maximum Gasteiger partial charge on any atom is 0.262 e. The molecular formula is C20H25N3O7. The monoisotopic (exact) mass is 419 g/mol. The van der Waals surface area contributed by atoms with E-state index < -0.39 is 36.6 Å². The third-order valence-electron chi connectivity index (χ3n) is 5.10. The number of carbonyl (C=O) groups is 1. The average Bonchev–Trinajstić information content (AvgIpc) is 2.78. The smallest absolute Gasteiger partial charge is 0.262 e. The Morgan fingerprint density at radius 3 is 2.43 bits per heavy atom. The molecule has 5 atom stereocenters. The number of nitrogens with zero attached hydrogens (tertiary/aromatic N) is 2. The van der Waals surface area contributed by atoms with Gasteiger partial charge in [-0.05, 0) is 23.8 Å². The van der Waals surface area contributed by atoms with Gasteiger partial charge in [0.2, 0.25) is 0 Å². The molecule has 0 bridgehead atoms. The molecule has 2 saturated heterocycles. The second kappa shape index (κ2) is 9.99. The number of rotatable bonds is 5. The summed E-state index contributed by atoms with van der Waals surface area (Å²) in [6, 6.07) is 9.25. The highest BCUT2D eigenvalue weighted by atomic mass is 16.6. The molecular weight excluding hydrogens is 394 g/mol. The molecule has 3 rings (SSSR count). The number of nitriles is 1. The van der Waals surface area contributed by atoms with Gasteiger partial charge in [0, 0.05) is 25.3 Å². The van der Waals surface area contributed by atoms with Crippen molar-refractivity contribution < 1.29 is 34.7 Å². The van der Waals surface area contributed by atoms with Gasteiger partial charge < -0.3 is 40.1 Å². The number of hydrogen-bond donors (Lipinski definition) is 5. The molecule has 0 spiro atoms. The van der Waals surface area contributed by atoms with E-state index in [2.05, 4.69) is 10.2 Å². The van der Waals surface area contributed by atoms with Crippen LogP contribution in [0.4, 0.5) is 5.69 Å². The fraction of sp³-hybridized carbons (Fsp3) is 0.500. The van der Waals surface area contributed by atoms with Crippen LogP contribution < -0.4 is 10.2 Å². The largest absolute Gasteiger partial charge is 0.388 e. The van der Waals surface area contributed by atoms with E-state index in [0.717, 1.165) is 18.8 Å². The zero-order valence-electron chi connectivity index (χ0n) is 16.2. The van der Waals surface area contributed by atoms with Crippen molar-refractivity contribution in [1.29, 1.82) is 5.26 Å². The quantitative estimate of drug-likeness (QED) is 0.279. The molecule has 10 nitrogen and oxygen atoms in total. The molecule has 0 aliphatic carbocycles. The van der Waals surface area contributed by atoms with Crippen molar-refractivity contribution in [2.24, 2.45) is 0 Å². The minimum atomic E-state index is -1.69. The Labute approximate surface area is 173 Å². The van der Waals surface area contributed by atoms with Gasteiger partial charge in [-0.15, -0.1) is 0 Å². The molecule has 0 aromatic heterocycles. The first-order chi connectivity index (χ1) is 14.4. The van der Waals surface area contributed by atoms with Gasteiger partial charge in [0.05, 0.1) is 13.2 Å². The highest BCUT2D eigenvalue weighted by Gasteiger charge is 2.42. The van der Waals surface area contributed by atoms with E-state index in [4.69, 9.17) is 9.47 Å². The molecule has 2 heterocycles. The van der Waals surface area contributed by atoms with Crippen LogP contribution in [0.15, 0.2) is 29.8 Å². The number of nitrogens with one attached hydrogen (secondary N) is 1. The van der Waals surface area contributed by atoms with Gasteiger partial charge in [0.25, 0.3) is 5.91 Å². The van der Waals surface area contributed by atoms with Crippen LogP contribution in [-0.4, -0.2) is 89.9 Å². The van der Waals surface area contributed by atoms with Crippen LogP contribution in [0.5, 0.6) is 0 Å². The number of morpholine rings is 1. The standard InChI is InChI=1S/C20H25N3O7/c21-10-13(9-12-1-3-14(4-2-12)23-5-7-29-8-6-23)19(27)22-11-15-16(24)17(25)18(26)20(28)30-15/h1-4,9,15-18,20,24-26,28H,5-8,11H2,(H,22,27)/b13-9+/t15-,16-,17+,18-,20?/m1/s1. The Morgan fingerprint density at radius 2 is 1.80 bits per heavy atom. The Hall–Kier alpha value is -2.52. The summed E-state index contributed by atoms with van der Waals surface area (Å²) < 4.78 is 10.3. The second-order valence-electron chi connectivity index (χ2n) is 7.11. The summed E-state index contributed by atoms with van der Waals surface area (Å²) in [5.74, 6) is -0.694. The van der Waals surface area contributed by atoms with E-state index >= 15 is 0 Å². The van der Waals surface area contributed by atoms with Gasteiger partial charge in [-0.3, -0.25) is 4.79 Å². The van der Waals surface area contributed by atoms with Crippen LogP contribution in [0.2, 0.25) is 0 Å². The summed E-state index contributed by atoms with van der Waals surface area (Å²) >= 11 is 0. The minimum Gasteiger partial charge on any atom is -0.388 e. The molecule has 162 valence electrons. The van der Waals surface area contributed by atoms with E-state index in [-0.39, 0.29) is 12.1 Å². The molecule has 30 heavy (non-hydrogen) atoms. The molecule has 2 fully saturated rings. The Balaban J connectivity index is 1.60. The average molecular weight is 419 g/mol. The van der Waals surface area contributed by atoms with E-state index in [0.29, 0.717) is 18.8 Å². The molecule has 1 amide bonds. The maximum absolute atomic E-state index is 12.3. The third kappa shape index (κ3) is 5.14. The van der Waals surface area contributed by atoms with Crippen LogP contribution >= 0.6 is 0 Å². The van der Waals surface area contributed by atoms with Crippen LogP contribution in [0.1, 0.15) is 5.56 Å². The van der Waals surface area contributed by atoms with Gasteiger partial charge in [0.15, 0.2) is 6.29 Å². The first-order valence-corrected chi connectivity index (χ1v) is 9.61. The molecule has 1 aromatic carbocycles. The first-order valence-electron chi connectivity index (χ1n) is 9.61. The van der Waals surface area contributed by atoms with E-state index in [1.807, 2.05) is 18.2 Å². The highest BCUT2D eigenvalue weighted by molar-refractivity contribution is 6.01. The Bertz CT molecular complexity index is 802. The van der Waals surface area contributed by atoms with Crippen molar-refractivity contribution >= 4 is 17.7 Å². The zero-order valence-corrected chi connectivity index (χ0v) is 16.2. The number of amides is 1. The van der Waals surface area contributed by atoms with Gasteiger partial charge >= 0.3 is 0 Å². The number of aliphatic hydroxyl groups is 4. The van der Waals surface area contributed by atoms with Crippen molar-refractivity contribution in [1.82, 2.24) is 5.32 Å². The Kier molecular flexibility index (Phi) is 7.38. The lowest BCUT2D eigenvalue weighted by Gasteiger charge is -2.38. The molecule has 0 radical (unpaired) electrons. The van der Waals surface area contributed by atoms with Gasteiger partial charge in [-0.25, -0.2) is 0 Å². The number of benzene rings is 1. The number of carbonyl (C=O) groups excluding carboxylic acids is 1. The first kappa shape index (κ1) is 22.2. The third-order valence-corrected chi connectivity index (χ3v) is 5.10. The van der Waals surface area contributed by atoms with E-state index in [1.165, 1.54) is 6.08 Å². The molecule has 1 aromatic rings. The van der Waals surface area contributed by atoms with Crippen molar-refractivity contribution in [3.05, 3.63) is 35.4 Å². The maximum atomic E-state index is 12.3. The van der Waals surface area contributed by atoms with Crippen LogP contribution in [0.3, 0.4) is 0 Å². The molecule has 2 aliphatic heterocycles. The van der Waals surface area contributed by atoms with E-state index in [9.17, 15) is 30.5 Å². The lowest BCUT2D eigenvalue weighted by atomic mass is 9.99. The fourth-order valence-electron chi connectivity index (χ4n) is 3.31. The number of hydrogen-bond acceptors (Lipinski definition) is 9. The SMILES string of the molecule is N#C/C(=C\c1ccc(N2CCOCC2)cc1)C(=O)NC[C@H]1OC(O)[C@H](O)[C@@H](O)[C@@H]1O. The molecule has 0 saturated carbocycles. The van der Waals surface area contributed by atoms with Crippen LogP contribution in [-0.2, 0) is 14.3 Å². The van der Waals surface area contributed by atoms with E-state index in [1.54, 1.807) is 12.1 Å². The predicted octanol–water partition coefficient (Wildman–Crippen LogP) is -1.65. The van der Waals surface area contributed by atoms with Crippen molar-refractivity contribution in [2.45, 2.75) is 30.7 Å². The lowest BCUT2D eigenvalue weighted by molar-refractivity contribution is -0.280. The summed E-state index contributed by atoms with van der Waals surface area (Å²) in [6.45, 7) is 2.68. The number of ether oxygens (including phenoxy) is 2. The summed E-state index contributed by atoms with van der Waals surface area (Å²) in [7, 11) is 0. The van der Waals surface area contributed by atoms with Gasteiger partial charge in [-0.1, -0.05) is 12.1 Å². The summed E-state index contributed by atoms with van der Waals surface area (Å²) in [5.41, 5.74) is 1.54. The Morgan fingerprint density at radius 1 is 1.13 bits per heavy atom. The molecule has 10 heteroatoms. The summed E-state index contributed by atoms with van der Waals surface area (Å²) in [4.78, 5) is 14.5. The summed E-state index contributed by atoms with van der Waals surface area (Å²) in [6.07, 6.45) is -6.18. The normalized spacial score (nSPS) is 29.9. The van der Waals surface area contributed by atoms with Crippen molar-refractivity contribution in [3.63, 3.8) is 0 Å². The second-order valence-corrected chi connectivity index (χ2v) is 7.11. The van der Waals surface area contributed by atoms with Crippen molar-refractivity contribution in [3.8, 4) is 6.07 Å². The number of aliphatic hydroxyl groups excluding tert-OH is 4. The van der Waals surface area contributed by atoms with Gasteiger partial charge in [-0.2, -0.15) is 5.26 Å². The van der Waals surface area contributed by atoms with Crippen molar-refractivity contribution in [2.75, 3.05) is 37.7 Å². The number of anilines is 1. The molecule has 5 N–H and O–H groups in total. The van der Waals surface area contributed by atoms with Crippen LogP contribution in [0.25, 0.3) is 6.08 Å². The lowest BCUT2D eigenvalue weighted by Crippen LogP contribution is -2.60. The van der Waals surface area contributed by atoms with Gasteiger partial charge in [0.1, 0.15) is 36.1 Å².